The minimum absolute atomic E-state index is 0.0453. The number of carbonyl (C=O) groups is 2. The number of aryl methyl sites for hydroxylation is 2. The van der Waals surface area contributed by atoms with E-state index in [1.54, 1.807) is 18.2 Å². The molecule has 1 saturated heterocycles. The second-order valence-electron chi connectivity index (χ2n) is 14.7. The lowest BCUT2D eigenvalue weighted by Gasteiger charge is -2.37. The molecule has 258 valence electrons. The fourth-order valence-corrected chi connectivity index (χ4v) is 8.70. The Balaban J connectivity index is 1.12. The Morgan fingerprint density at radius 3 is 2.68 bits per heavy atom. The average Bonchev–Trinajstić information content (AvgIpc) is 3.57. The fraction of sp³-hybridized carbons (Fsp3) is 0.447. The lowest BCUT2D eigenvalue weighted by molar-refractivity contribution is 0.0603. The summed E-state index contributed by atoms with van der Waals surface area (Å²) in [6.45, 7) is 3.11. The third-order valence-electron chi connectivity index (χ3n) is 11.3. The van der Waals surface area contributed by atoms with Crippen LogP contribution in [0.25, 0.3) is 33.6 Å². The van der Waals surface area contributed by atoms with Crippen LogP contribution in [0.1, 0.15) is 102 Å². The van der Waals surface area contributed by atoms with Gasteiger partial charge in [-0.3, -0.25) is 9.59 Å². The molecule has 0 spiro atoms. The summed E-state index contributed by atoms with van der Waals surface area (Å²) < 4.78 is 20.5. The van der Waals surface area contributed by atoms with Gasteiger partial charge in [0.05, 0.1) is 34.2 Å². The Hall–Kier alpha value is -4.35. The van der Waals surface area contributed by atoms with Crippen LogP contribution in [0.2, 0.25) is 5.15 Å². The van der Waals surface area contributed by atoms with Crippen LogP contribution in [0, 0.1) is 11.7 Å². The zero-order valence-corrected chi connectivity index (χ0v) is 28.8. The van der Waals surface area contributed by atoms with Crippen molar-refractivity contribution in [3.63, 3.8) is 0 Å². The summed E-state index contributed by atoms with van der Waals surface area (Å²) in [5.41, 5.74) is 11.3. The first-order chi connectivity index (χ1) is 24.2. The molecule has 6 heterocycles. The fourth-order valence-electron chi connectivity index (χ4n) is 8.53. The van der Waals surface area contributed by atoms with E-state index < -0.39 is 5.82 Å². The molecule has 4 aromatic heterocycles. The molecule has 1 aromatic carbocycles. The normalized spacial score (nSPS) is 24.1. The summed E-state index contributed by atoms with van der Waals surface area (Å²) in [6.07, 6.45) is 8.00. The Morgan fingerprint density at radius 1 is 1.00 bits per heavy atom. The average molecular weight is 695 g/mol. The van der Waals surface area contributed by atoms with Gasteiger partial charge in [-0.05, 0) is 107 Å². The quantitative estimate of drug-likeness (QED) is 0.202. The van der Waals surface area contributed by atoms with E-state index in [1.807, 2.05) is 28.5 Å². The van der Waals surface area contributed by atoms with E-state index >= 15 is 4.39 Å². The summed E-state index contributed by atoms with van der Waals surface area (Å²) in [6, 6.07) is 12.5. The number of piperidine rings is 1. The van der Waals surface area contributed by atoms with Crippen LogP contribution in [0.15, 0.2) is 42.5 Å². The second kappa shape index (κ2) is 12.2. The summed E-state index contributed by atoms with van der Waals surface area (Å²) in [7, 11) is 0. The number of rotatable bonds is 3. The number of pyridine rings is 2. The summed E-state index contributed by atoms with van der Waals surface area (Å²) >= 11 is 6.23. The van der Waals surface area contributed by atoms with Crippen molar-refractivity contribution < 1.29 is 14.0 Å². The smallest absolute Gasteiger partial charge is 0.254 e. The zero-order valence-electron chi connectivity index (χ0n) is 28.0. The number of nitrogens with zero attached hydrogens (tertiary/aromatic N) is 6. The molecule has 10 nitrogen and oxygen atoms in total. The summed E-state index contributed by atoms with van der Waals surface area (Å²) in [5, 5.41) is 4.42. The first-order valence-electron chi connectivity index (χ1n) is 18.0. The van der Waals surface area contributed by atoms with E-state index in [0.717, 1.165) is 73.8 Å². The van der Waals surface area contributed by atoms with Gasteiger partial charge >= 0.3 is 0 Å². The first kappa shape index (κ1) is 31.6. The number of hydrogen-bond acceptors (Lipinski definition) is 6. The molecule has 2 aliphatic heterocycles. The van der Waals surface area contributed by atoms with Gasteiger partial charge in [-0.15, -0.1) is 0 Å². The van der Waals surface area contributed by atoms with Crippen LogP contribution in [0.4, 0.5) is 4.39 Å². The number of nitrogens with one attached hydrogen (secondary N) is 1. The number of nitrogens with two attached hydrogens (primary N) is 1. The number of benzene rings is 1. The molecule has 4 atom stereocenters. The van der Waals surface area contributed by atoms with Crippen molar-refractivity contribution in [2.45, 2.75) is 95.4 Å². The van der Waals surface area contributed by atoms with Gasteiger partial charge in [0.15, 0.2) is 5.82 Å². The minimum Gasteiger partial charge on any atom is -0.344 e. The van der Waals surface area contributed by atoms with Gasteiger partial charge in [0.1, 0.15) is 22.1 Å². The molecule has 9 rings (SSSR count). The lowest BCUT2D eigenvalue weighted by atomic mass is 9.94. The highest BCUT2D eigenvalue weighted by Gasteiger charge is 2.41. The maximum Gasteiger partial charge on any atom is 0.254 e. The van der Waals surface area contributed by atoms with Crippen molar-refractivity contribution in [2.24, 2.45) is 11.7 Å². The number of halogens is 2. The Morgan fingerprint density at radius 2 is 1.84 bits per heavy atom. The molecule has 12 heteroatoms. The van der Waals surface area contributed by atoms with Crippen molar-refractivity contribution in [2.75, 3.05) is 6.54 Å². The molecular weight excluding hydrogens is 655 g/mol. The molecule has 4 bridgehead atoms. The van der Waals surface area contributed by atoms with E-state index in [-0.39, 0.29) is 36.0 Å². The third kappa shape index (κ3) is 5.37. The lowest BCUT2D eigenvalue weighted by Crippen LogP contribution is -2.51. The first-order valence-corrected chi connectivity index (χ1v) is 18.4. The van der Waals surface area contributed by atoms with Crippen LogP contribution < -0.4 is 11.1 Å². The van der Waals surface area contributed by atoms with Crippen LogP contribution in [0.3, 0.4) is 0 Å². The predicted molar refractivity (Wildman–Crippen MR) is 190 cm³/mol. The number of hydrogen-bond donors (Lipinski definition) is 2. The number of imidazole rings is 1. The number of amides is 2. The van der Waals surface area contributed by atoms with E-state index in [2.05, 4.69) is 20.9 Å². The monoisotopic (exact) mass is 694 g/mol. The van der Waals surface area contributed by atoms with Crippen LogP contribution in [0.5, 0.6) is 0 Å². The van der Waals surface area contributed by atoms with E-state index in [4.69, 9.17) is 27.3 Å². The van der Waals surface area contributed by atoms with Crippen molar-refractivity contribution >= 4 is 45.5 Å². The molecule has 0 radical (unpaired) electrons. The molecule has 0 unspecified atom stereocenters. The second-order valence-corrected chi connectivity index (χ2v) is 15.1. The van der Waals surface area contributed by atoms with Crippen LogP contribution >= 0.6 is 11.6 Å². The Labute approximate surface area is 294 Å². The molecular formula is C38H40ClFN8O2. The van der Waals surface area contributed by atoms with Gasteiger partial charge in [0, 0.05) is 42.2 Å². The Bertz CT molecular complexity index is 2190. The number of aromatic nitrogens is 5. The van der Waals surface area contributed by atoms with E-state index in [9.17, 15) is 9.59 Å². The molecule has 4 aliphatic rings. The van der Waals surface area contributed by atoms with Crippen LogP contribution in [-0.4, -0.2) is 59.4 Å². The minimum atomic E-state index is -0.432. The standard InChI is InChI=1S/C38H40ClFN8O2/c1-20-29-12-7-22-18-32(46(35(22)44-29)14-4-2-3-5-30-26(37(49)42-20)11-13-33(39)43-30)36-45-31-17-23(16-27(40)34(31)48(36)24-9-10-24)38(50)47-19-28(41)21-6-8-25(47)15-21/h7,11-13,16-18,20-21,24-25,28H,2-6,8-10,14-15,19,41H2,1H3,(H,42,49)/t20-,21-,25+,28+/m1/s1. The van der Waals surface area contributed by atoms with Crippen molar-refractivity contribution in [1.29, 1.82) is 0 Å². The highest BCUT2D eigenvalue weighted by atomic mass is 35.5. The van der Waals surface area contributed by atoms with Gasteiger partial charge in [0.25, 0.3) is 11.8 Å². The Kier molecular flexibility index (Phi) is 7.69. The third-order valence-corrected chi connectivity index (χ3v) is 11.5. The highest BCUT2D eigenvalue weighted by Crippen LogP contribution is 2.44. The number of likely N-dealkylation sites (tertiary alicyclic amines) is 1. The molecule has 3 N–H and O–H groups in total. The largest absolute Gasteiger partial charge is 0.344 e. The molecule has 3 fully saturated rings. The summed E-state index contributed by atoms with van der Waals surface area (Å²) in [4.78, 5) is 43.8. The molecule has 50 heavy (non-hydrogen) atoms. The van der Waals surface area contributed by atoms with Gasteiger partial charge in [0.2, 0.25) is 0 Å². The maximum atomic E-state index is 16.3. The SMILES string of the molecule is C[C@H]1NC(=O)c2ccc(Cl)nc2CCCCCn2c(-c3nc4cc(C(=O)N5C[C@H](N)[C@@H]6CC[C@H]5C6)cc(F)c4n3C3CC3)cc3ccc1nc32. The topological polar surface area (TPSA) is 124 Å². The maximum absolute atomic E-state index is 16.3. The summed E-state index contributed by atoms with van der Waals surface area (Å²) in [5.74, 6) is 0.330. The zero-order chi connectivity index (χ0) is 34.3. The van der Waals surface area contributed by atoms with E-state index in [1.165, 1.54) is 6.07 Å². The number of carbonyl (C=O) groups excluding carboxylic acids is 2. The van der Waals surface area contributed by atoms with Gasteiger partial charge in [-0.25, -0.2) is 19.3 Å². The highest BCUT2D eigenvalue weighted by molar-refractivity contribution is 6.29. The number of fused-ring (bicyclic) bond motifs is 5. The van der Waals surface area contributed by atoms with Crippen molar-refractivity contribution in [1.82, 2.24) is 34.3 Å². The van der Waals surface area contributed by atoms with Gasteiger partial charge < -0.3 is 25.1 Å². The molecule has 2 saturated carbocycles. The van der Waals surface area contributed by atoms with Crippen LogP contribution in [-0.2, 0) is 13.0 Å². The predicted octanol–water partition coefficient (Wildman–Crippen LogP) is 6.74. The molecule has 2 aliphatic carbocycles. The van der Waals surface area contributed by atoms with Crippen molar-refractivity contribution in [3.05, 3.63) is 75.9 Å². The van der Waals surface area contributed by atoms with E-state index in [0.29, 0.717) is 64.3 Å². The molecule has 5 aromatic rings. The van der Waals surface area contributed by atoms with Crippen molar-refractivity contribution in [3.8, 4) is 11.5 Å². The molecule has 2 amide bonds. The van der Waals surface area contributed by atoms with Gasteiger partial charge in [-0.2, -0.15) is 0 Å². The van der Waals surface area contributed by atoms with Gasteiger partial charge in [-0.1, -0.05) is 18.0 Å².